The molecule has 5 rings (SSSR count). The fourth-order valence-electron chi connectivity index (χ4n) is 4.03. The zero-order valence-electron chi connectivity index (χ0n) is 16.8. The second-order valence-electron chi connectivity index (χ2n) is 7.55. The van der Waals surface area contributed by atoms with E-state index in [0.29, 0.717) is 16.8 Å². The molecule has 2 heterocycles. The molecule has 7 heteroatoms. The Labute approximate surface area is 190 Å². The van der Waals surface area contributed by atoms with Crippen molar-refractivity contribution in [3.8, 4) is 0 Å². The molecule has 0 bridgehead atoms. The number of carbonyl (C=O) groups excluding carboxylic acids is 2. The lowest BCUT2D eigenvalue weighted by molar-refractivity contribution is 0.0970. The maximum absolute atomic E-state index is 13.9. The normalized spacial score (nSPS) is 15.3. The van der Waals surface area contributed by atoms with Gasteiger partial charge >= 0.3 is 0 Å². The third-order valence-corrected chi connectivity index (χ3v) is 6.10. The Balaban J connectivity index is 1.77. The summed E-state index contributed by atoms with van der Waals surface area (Å²) < 4.78 is 20.5. The van der Waals surface area contributed by atoms with E-state index in [1.165, 1.54) is 24.0 Å². The van der Waals surface area contributed by atoms with Gasteiger partial charge in [0.2, 0.25) is 5.76 Å². The number of hydrogen-bond acceptors (Lipinski definition) is 4. The average Bonchev–Trinajstić information content (AvgIpc) is 3.07. The van der Waals surface area contributed by atoms with Gasteiger partial charge < -0.3 is 4.42 Å². The fraction of sp³-hybridized carbons (Fsp3) is 0.0800. The van der Waals surface area contributed by atoms with Crippen molar-refractivity contribution in [1.29, 1.82) is 0 Å². The number of carbonyl (C=O) groups is 2. The molecule has 158 valence electrons. The molecule has 1 aliphatic rings. The van der Waals surface area contributed by atoms with Crippen LogP contribution in [0.25, 0.3) is 11.0 Å². The predicted molar refractivity (Wildman–Crippen MR) is 122 cm³/mol. The van der Waals surface area contributed by atoms with Crippen LogP contribution in [0.1, 0.15) is 45.0 Å². The average molecular weight is 492 g/mol. The predicted octanol–water partition coefficient (Wildman–Crippen LogP) is 5.65. The number of halogens is 2. The fourth-order valence-corrected chi connectivity index (χ4v) is 4.29. The van der Waals surface area contributed by atoms with Gasteiger partial charge in [-0.25, -0.2) is 4.39 Å². The van der Waals surface area contributed by atoms with Crippen LogP contribution in [0.4, 0.5) is 10.1 Å². The number of fused-ring (bicyclic) bond motifs is 2. The minimum atomic E-state index is -0.766. The van der Waals surface area contributed by atoms with Crippen molar-refractivity contribution in [2.45, 2.75) is 13.0 Å². The van der Waals surface area contributed by atoms with Gasteiger partial charge in [0.25, 0.3) is 5.91 Å². The van der Waals surface area contributed by atoms with E-state index in [4.69, 9.17) is 4.42 Å². The van der Waals surface area contributed by atoms with Gasteiger partial charge in [-0.1, -0.05) is 28.1 Å². The number of Topliss-reactive ketones (excluding diaryl/α,β-unsaturated/α-hetero) is 1. The van der Waals surface area contributed by atoms with Gasteiger partial charge in [0.1, 0.15) is 11.4 Å². The molecule has 5 nitrogen and oxygen atoms in total. The van der Waals surface area contributed by atoms with Crippen LogP contribution < -0.4 is 10.3 Å². The number of anilines is 1. The van der Waals surface area contributed by atoms with Crippen molar-refractivity contribution in [3.05, 3.63) is 110 Å². The molecule has 0 saturated heterocycles. The summed E-state index contributed by atoms with van der Waals surface area (Å²) >= 11 is 3.40. The van der Waals surface area contributed by atoms with Gasteiger partial charge in [-0.05, 0) is 67.1 Å². The largest absolute Gasteiger partial charge is 0.450 e. The number of ketones is 1. The first kappa shape index (κ1) is 20.3. The lowest BCUT2D eigenvalue weighted by Crippen LogP contribution is -2.29. The van der Waals surface area contributed by atoms with Crippen LogP contribution in [0.5, 0.6) is 0 Å². The molecule has 1 aromatic heterocycles. The monoisotopic (exact) mass is 491 g/mol. The number of nitrogens with zero attached hydrogens (tertiary/aromatic N) is 1. The molecular weight excluding hydrogens is 477 g/mol. The Morgan fingerprint density at radius 2 is 1.69 bits per heavy atom. The summed E-state index contributed by atoms with van der Waals surface area (Å²) in [5, 5.41) is 0.0763. The van der Waals surface area contributed by atoms with Crippen LogP contribution in [0, 0.1) is 5.82 Å². The molecule has 0 N–H and O–H groups in total. The number of amides is 1. The van der Waals surface area contributed by atoms with E-state index in [0.717, 1.165) is 10.5 Å². The molecule has 32 heavy (non-hydrogen) atoms. The van der Waals surface area contributed by atoms with Crippen LogP contribution in [0.2, 0.25) is 0 Å². The van der Waals surface area contributed by atoms with E-state index in [2.05, 4.69) is 15.9 Å². The summed E-state index contributed by atoms with van der Waals surface area (Å²) in [6.07, 6.45) is 0. The first-order chi connectivity index (χ1) is 15.3. The summed E-state index contributed by atoms with van der Waals surface area (Å²) in [6.45, 7) is 1.46. The highest BCUT2D eigenvalue weighted by molar-refractivity contribution is 9.10. The summed E-state index contributed by atoms with van der Waals surface area (Å²) in [4.78, 5) is 40.0. The van der Waals surface area contributed by atoms with Crippen molar-refractivity contribution in [2.24, 2.45) is 0 Å². The van der Waals surface area contributed by atoms with Crippen LogP contribution in [-0.2, 0) is 0 Å². The van der Waals surface area contributed by atoms with E-state index in [-0.39, 0.29) is 28.1 Å². The Morgan fingerprint density at radius 3 is 2.34 bits per heavy atom. The van der Waals surface area contributed by atoms with Gasteiger partial charge in [-0.2, -0.15) is 0 Å². The van der Waals surface area contributed by atoms with Crippen molar-refractivity contribution in [3.63, 3.8) is 0 Å². The second-order valence-corrected chi connectivity index (χ2v) is 8.46. The SMILES string of the molecule is CC(=O)c1ccc(N2C(=O)c3oc4ccc(F)cc4c(=O)c3C2c2ccc(Br)cc2)cc1. The number of hydrogen-bond donors (Lipinski definition) is 0. The first-order valence-electron chi connectivity index (χ1n) is 9.81. The van der Waals surface area contributed by atoms with Crippen LogP contribution >= 0.6 is 15.9 Å². The molecule has 1 aliphatic heterocycles. The quantitative estimate of drug-likeness (QED) is 0.347. The number of benzene rings is 3. The third kappa shape index (κ3) is 3.17. The summed E-state index contributed by atoms with van der Waals surface area (Å²) in [5.74, 6) is -1.21. The second kappa shape index (κ2) is 7.53. The van der Waals surface area contributed by atoms with Gasteiger partial charge in [-0.15, -0.1) is 0 Å². The molecular formula is C25H15BrFNO4. The van der Waals surface area contributed by atoms with Crippen molar-refractivity contribution >= 4 is 44.3 Å². The maximum atomic E-state index is 13.9. The smallest absolute Gasteiger partial charge is 0.295 e. The first-order valence-corrected chi connectivity index (χ1v) is 10.6. The van der Waals surface area contributed by atoms with Crippen molar-refractivity contribution in [2.75, 3.05) is 4.90 Å². The van der Waals surface area contributed by atoms with Crippen molar-refractivity contribution in [1.82, 2.24) is 0 Å². The van der Waals surface area contributed by atoms with Gasteiger partial charge in [-0.3, -0.25) is 19.3 Å². The molecule has 0 saturated carbocycles. The van der Waals surface area contributed by atoms with Gasteiger partial charge in [0.15, 0.2) is 11.2 Å². The molecule has 0 radical (unpaired) electrons. The molecule has 4 aromatic rings. The standard InChI is InChI=1S/C25H15BrFNO4/c1-13(29)14-4-9-18(10-5-14)28-22(15-2-6-16(26)7-3-15)21-23(30)19-12-17(27)8-11-20(19)32-24(21)25(28)31/h2-12,22H,1H3. The van der Waals surface area contributed by atoms with Gasteiger partial charge in [0, 0.05) is 15.7 Å². The molecule has 1 atom stereocenters. The molecule has 1 unspecified atom stereocenters. The zero-order valence-corrected chi connectivity index (χ0v) is 18.4. The van der Waals surface area contributed by atoms with E-state index in [1.54, 1.807) is 24.3 Å². The summed E-state index contributed by atoms with van der Waals surface area (Å²) in [5.41, 5.74) is 1.56. The van der Waals surface area contributed by atoms with E-state index < -0.39 is 23.2 Å². The summed E-state index contributed by atoms with van der Waals surface area (Å²) in [7, 11) is 0. The zero-order chi connectivity index (χ0) is 22.6. The maximum Gasteiger partial charge on any atom is 0.295 e. The van der Waals surface area contributed by atoms with E-state index >= 15 is 0 Å². The van der Waals surface area contributed by atoms with Crippen LogP contribution in [-0.4, -0.2) is 11.7 Å². The Hall–Kier alpha value is -3.58. The van der Waals surface area contributed by atoms with Crippen molar-refractivity contribution < 1.29 is 18.4 Å². The highest BCUT2D eigenvalue weighted by Gasteiger charge is 2.43. The molecule has 0 fully saturated rings. The molecule has 1 amide bonds. The summed E-state index contributed by atoms with van der Waals surface area (Å²) in [6, 6.07) is 16.7. The lowest BCUT2D eigenvalue weighted by Gasteiger charge is -2.25. The Kier molecular flexibility index (Phi) is 4.78. The van der Waals surface area contributed by atoms with Gasteiger partial charge in [0.05, 0.1) is 17.0 Å². The Morgan fingerprint density at radius 1 is 1.00 bits per heavy atom. The third-order valence-electron chi connectivity index (χ3n) is 5.57. The van der Waals surface area contributed by atoms with Crippen LogP contribution in [0.15, 0.2) is 80.4 Å². The van der Waals surface area contributed by atoms with Crippen LogP contribution in [0.3, 0.4) is 0 Å². The highest BCUT2D eigenvalue weighted by atomic mass is 79.9. The lowest BCUT2D eigenvalue weighted by atomic mass is 9.98. The minimum absolute atomic E-state index is 0.0716. The van der Waals surface area contributed by atoms with E-state index in [1.807, 2.05) is 24.3 Å². The topological polar surface area (TPSA) is 67.6 Å². The molecule has 0 spiro atoms. The minimum Gasteiger partial charge on any atom is -0.450 e. The molecule has 3 aromatic carbocycles. The molecule has 0 aliphatic carbocycles. The highest BCUT2D eigenvalue weighted by Crippen LogP contribution is 2.41. The van der Waals surface area contributed by atoms with E-state index in [9.17, 15) is 18.8 Å². The number of rotatable bonds is 3. The Bertz CT molecular complexity index is 1460.